The molecule has 0 aliphatic heterocycles. The van der Waals surface area contributed by atoms with Crippen LogP contribution in [0.1, 0.15) is 9.67 Å². The zero-order valence-corrected chi connectivity index (χ0v) is 13.3. The maximum atomic E-state index is 12.8. The number of rotatable bonds is 2. The molecule has 0 aliphatic rings. The number of carbonyl (C=O) groups excluding carboxylic acids is 1. The van der Waals surface area contributed by atoms with Crippen molar-refractivity contribution < 1.29 is 9.18 Å². The Morgan fingerprint density at radius 1 is 1.28 bits per heavy atom. The summed E-state index contributed by atoms with van der Waals surface area (Å²) in [4.78, 5) is 14.3. The molecule has 0 unspecified atom stereocenters. The molecule has 6 heteroatoms. The average molecular weight is 393 g/mol. The molecule has 94 valence electrons. The van der Waals surface area contributed by atoms with E-state index in [0.29, 0.717) is 10.6 Å². The summed E-state index contributed by atoms with van der Waals surface area (Å²) in [5, 5.41) is 0. The van der Waals surface area contributed by atoms with Gasteiger partial charge in [0.15, 0.2) is 0 Å². The van der Waals surface area contributed by atoms with Crippen LogP contribution in [0.4, 0.5) is 10.1 Å². The predicted molar refractivity (Wildman–Crippen MR) is 78.9 cm³/mol. The van der Waals surface area contributed by atoms with Crippen molar-refractivity contribution in [2.45, 2.75) is 0 Å². The van der Waals surface area contributed by atoms with Gasteiger partial charge in [-0.3, -0.25) is 4.79 Å². The highest BCUT2D eigenvalue weighted by Crippen LogP contribution is 2.33. The molecule has 0 spiro atoms. The fourth-order valence-corrected chi connectivity index (χ4v) is 3.41. The van der Waals surface area contributed by atoms with Crippen LogP contribution in [0.15, 0.2) is 38.6 Å². The number of hydrogen-bond donors (Lipinski definition) is 0. The Kier molecular flexibility index (Phi) is 4.19. The number of halogens is 3. The average Bonchev–Trinajstić information content (AvgIpc) is 2.69. The topological polar surface area (TPSA) is 20.3 Å². The van der Waals surface area contributed by atoms with Crippen LogP contribution < -0.4 is 4.90 Å². The normalized spacial score (nSPS) is 10.4. The maximum Gasteiger partial charge on any atom is 0.268 e. The van der Waals surface area contributed by atoms with E-state index in [2.05, 4.69) is 31.9 Å². The first kappa shape index (κ1) is 13.7. The van der Waals surface area contributed by atoms with Crippen molar-refractivity contribution >= 4 is 54.8 Å². The number of nitrogens with zero attached hydrogens (tertiary/aromatic N) is 1. The van der Waals surface area contributed by atoms with E-state index >= 15 is 0 Å². The SMILES string of the molecule is CN(C(=O)c1cc(Br)c(Br)s1)c1ccc(F)cc1. The molecule has 1 amide bonds. The smallest absolute Gasteiger partial charge is 0.268 e. The van der Waals surface area contributed by atoms with Crippen LogP contribution >= 0.6 is 43.2 Å². The fraction of sp³-hybridized carbons (Fsp3) is 0.0833. The Morgan fingerprint density at radius 3 is 2.39 bits per heavy atom. The van der Waals surface area contributed by atoms with Gasteiger partial charge in [-0.2, -0.15) is 0 Å². The van der Waals surface area contributed by atoms with Gasteiger partial charge in [0.1, 0.15) is 5.82 Å². The second-order valence-corrected chi connectivity index (χ2v) is 6.80. The maximum absolute atomic E-state index is 12.8. The lowest BCUT2D eigenvalue weighted by Gasteiger charge is -2.16. The van der Waals surface area contributed by atoms with E-state index in [9.17, 15) is 9.18 Å². The summed E-state index contributed by atoms with van der Waals surface area (Å²) < 4.78 is 14.5. The molecule has 0 N–H and O–H groups in total. The summed E-state index contributed by atoms with van der Waals surface area (Å²) in [5.41, 5.74) is 0.655. The highest BCUT2D eigenvalue weighted by Gasteiger charge is 2.17. The third-order valence-corrected chi connectivity index (χ3v) is 5.62. The number of benzene rings is 1. The monoisotopic (exact) mass is 391 g/mol. The molecule has 0 radical (unpaired) electrons. The standard InChI is InChI=1S/C12H8Br2FNOS/c1-16(8-4-2-7(15)3-5-8)12(17)10-6-9(13)11(14)18-10/h2-6H,1H3. The Hall–Kier alpha value is -0.720. The molecule has 2 rings (SSSR count). The van der Waals surface area contributed by atoms with Crippen molar-refractivity contribution in [2.24, 2.45) is 0 Å². The second-order valence-electron chi connectivity index (χ2n) is 3.57. The fourth-order valence-electron chi connectivity index (χ4n) is 1.40. The molecule has 1 aromatic heterocycles. The molecule has 0 atom stereocenters. The summed E-state index contributed by atoms with van der Waals surface area (Å²) in [6.45, 7) is 0. The number of amides is 1. The Morgan fingerprint density at radius 2 is 1.89 bits per heavy atom. The van der Waals surface area contributed by atoms with E-state index in [-0.39, 0.29) is 11.7 Å². The summed E-state index contributed by atoms with van der Waals surface area (Å²) in [5.74, 6) is -0.445. The molecule has 0 saturated carbocycles. The lowest BCUT2D eigenvalue weighted by molar-refractivity contribution is 0.0997. The molecule has 18 heavy (non-hydrogen) atoms. The highest BCUT2D eigenvalue weighted by molar-refractivity contribution is 9.13. The lowest BCUT2D eigenvalue weighted by Crippen LogP contribution is -2.25. The van der Waals surface area contributed by atoms with Gasteiger partial charge in [-0.05, 0) is 62.2 Å². The molecule has 2 nitrogen and oxygen atoms in total. The third-order valence-electron chi connectivity index (χ3n) is 2.37. The summed E-state index contributed by atoms with van der Waals surface area (Å²) in [6, 6.07) is 7.58. The first-order valence-electron chi connectivity index (χ1n) is 4.97. The minimum absolute atomic E-state index is 0.127. The lowest BCUT2D eigenvalue weighted by atomic mass is 10.3. The van der Waals surface area contributed by atoms with Gasteiger partial charge < -0.3 is 4.90 Å². The highest BCUT2D eigenvalue weighted by atomic mass is 79.9. The molecule has 0 bridgehead atoms. The van der Waals surface area contributed by atoms with Gasteiger partial charge in [0.05, 0.1) is 8.66 Å². The number of hydrogen-bond acceptors (Lipinski definition) is 2. The van der Waals surface area contributed by atoms with Gasteiger partial charge in [0.25, 0.3) is 5.91 Å². The van der Waals surface area contributed by atoms with E-state index < -0.39 is 0 Å². The number of thiophene rings is 1. The van der Waals surface area contributed by atoms with Crippen LogP contribution in [-0.2, 0) is 0 Å². The molecule has 0 fully saturated rings. The van der Waals surface area contributed by atoms with Crippen molar-refractivity contribution in [3.8, 4) is 0 Å². The van der Waals surface area contributed by atoms with E-state index in [4.69, 9.17) is 0 Å². The molecular formula is C12H8Br2FNOS. The van der Waals surface area contributed by atoms with Crippen LogP contribution in [0.3, 0.4) is 0 Å². The van der Waals surface area contributed by atoms with Gasteiger partial charge in [-0.1, -0.05) is 0 Å². The first-order valence-corrected chi connectivity index (χ1v) is 7.37. The van der Waals surface area contributed by atoms with Crippen LogP contribution in [0, 0.1) is 5.82 Å². The molecular weight excluding hydrogens is 385 g/mol. The van der Waals surface area contributed by atoms with Gasteiger partial charge in [0.2, 0.25) is 0 Å². The predicted octanol–water partition coefficient (Wildman–Crippen LogP) is 4.69. The quantitative estimate of drug-likeness (QED) is 0.725. The summed E-state index contributed by atoms with van der Waals surface area (Å²) in [7, 11) is 1.66. The zero-order chi connectivity index (χ0) is 13.3. The van der Waals surface area contributed by atoms with Crippen LogP contribution in [0.2, 0.25) is 0 Å². The van der Waals surface area contributed by atoms with E-state index in [1.165, 1.54) is 28.4 Å². The second kappa shape index (κ2) is 5.50. The van der Waals surface area contributed by atoms with Crippen LogP contribution in [-0.4, -0.2) is 13.0 Å². The zero-order valence-electron chi connectivity index (χ0n) is 9.28. The van der Waals surface area contributed by atoms with Crippen LogP contribution in [0.5, 0.6) is 0 Å². The van der Waals surface area contributed by atoms with Gasteiger partial charge in [-0.25, -0.2) is 4.39 Å². The largest absolute Gasteiger partial charge is 0.311 e. The van der Waals surface area contributed by atoms with Crippen molar-refractivity contribution in [3.05, 3.63) is 49.3 Å². The number of carbonyl (C=O) groups is 1. The van der Waals surface area contributed by atoms with Crippen molar-refractivity contribution in [1.82, 2.24) is 0 Å². The van der Waals surface area contributed by atoms with Crippen LogP contribution in [0.25, 0.3) is 0 Å². The molecule has 1 aromatic carbocycles. The molecule has 0 aliphatic carbocycles. The first-order chi connectivity index (χ1) is 8.49. The Bertz CT molecular complexity index is 563. The molecule has 2 aromatic rings. The number of anilines is 1. The van der Waals surface area contributed by atoms with Crippen molar-refractivity contribution in [1.29, 1.82) is 0 Å². The third kappa shape index (κ3) is 2.81. The Balaban J connectivity index is 2.26. The van der Waals surface area contributed by atoms with Gasteiger partial charge >= 0.3 is 0 Å². The summed E-state index contributed by atoms with van der Waals surface area (Å²) in [6.07, 6.45) is 0. The minimum Gasteiger partial charge on any atom is -0.311 e. The molecule has 1 heterocycles. The van der Waals surface area contributed by atoms with E-state index in [1.807, 2.05) is 0 Å². The van der Waals surface area contributed by atoms with E-state index in [1.54, 1.807) is 25.2 Å². The van der Waals surface area contributed by atoms with Crippen molar-refractivity contribution in [3.63, 3.8) is 0 Å². The summed E-state index contributed by atoms with van der Waals surface area (Å²) >= 11 is 8.05. The van der Waals surface area contributed by atoms with Crippen molar-refractivity contribution in [2.75, 3.05) is 11.9 Å². The molecule has 0 saturated heterocycles. The van der Waals surface area contributed by atoms with Gasteiger partial charge in [0, 0.05) is 17.2 Å². The van der Waals surface area contributed by atoms with E-state index in [0.717, 1.165) is 8.26 Å². The van der Waals surface area contributed by atoms with Gasteiger partial charge in [-0.15, -0.1) is 11.3 Å². The Labute approximate surface area is 125 Å². The minimum atomic E-state index is -0.318.